The molecule has 2 nitrogen and oxygen atoms in total. The van der Waals surface area contributed by atoms with Gasteiger partial charge in [-0.3, -0.25) is 0 Å². The van der Waals surface area contributed by atoms with Gasteiger partial charge in [-0.05, 0) is 80.2 Å². The molecule has 1 aromatic heterocycles. The number of furan rings is 1. The van der Waals surface area contributed by atoms with Gasteiger partial charge < -0.3 is 9.32 Å². The Balaban J connectivity index is 1.14. The Morgan fingerprint density at radius 1 is 0.308 bits per heavy atom. The van der Waals surface area contributed by atoms with Crippen LogP contribution in [-0.4, -0.2) is 0 Å². The molecule has 0 saturated carbocycles. The molecule has 0 N–H and O–H groups in total. The van der Waals surface area contributed by atoms with Gasteiger partial charge in [0.05, 0.1) is 5.69 Å². The van der Waals surface area contributed by atoms with E-state index in [0.717, 1.165) is 50.1 Å². The van der Waals surface area contributed by atoms with Gasteiger partial charge in [-0.25, -0.2) is 0 Å². The molecule has 10 rings (SSSR count). The summed E-state index contributed by atoms with van der Waals surface area (Å²) in [6.07, 6.45) is 0. The molecule has 10 aromatic rings. The largest absolute Gasteiger partial charge is 0.455 e. The van der Waals surface area contributed by atoms with Crippen molar-refractivity contribution in [1.82, 2.24) is 0 Å². The lowest BCUT2D eigenvalue weighted by Gasteiger charge is -2.28. The zero-order chi connectivity index (χ0) is 34.4. The fourth-order valence-corrected chi connectivity index (χ4v) is 7.82. The van der Waals surface area contributed by atoms with Crippen LogP contribution in [0.25, 0.3) is 76.9 Å². The van der Waals surface area contributed by atoms with Gasteiger partial charge in [-0.1, -0.05) is 164 Å². The Morgan fingerprint density at radius 3 is 1.38 bits per heavy atom. The quantitative estimate of drug-likeness (QED) is 0.176. The molecule has 0 aliphatic rings. The predicted octanol–water partition coefficient (Wildman–Crippen LogP) is 14.4. The molecule has 9 aromatic carbocycles. The summed E-state index contributed by atoms with van der Waals surface area (Å²) in [5, 5.41) is 7.23. The molecule has 0 saturated heterocycles. The highest BCUT2D eigenvalue weighted by Crippen LogP contribution is 2.45. The van der Waals surface area contributed by atoms with E-state index in [2.05, 4.69) is 193 Å². The summed E-state index contributed by atoms with van der Waals surface area (Å²) in [7, 11) is 0. The summed E-state index contributed by atoms with van der Waals surface area (Å²) < 4.78 is 6.57. The van der Waals surface area contributed by atoms with Gasteiger partial charge in [0.25, 0.3) is 0 Å². The molecule has 0 aliphatic carbocycles. The molecule has 2 heteroatoms. The third-order valence-corrected chi connectivity index (χ3v) is 10.3. The third kappa shape index (κ3) is 5.04. The molecular formula is C50H33NO. The summed E-state index contributed by atoms with van der Waals surface area (Å²) in [5.41, 5.74) is 12.0. The van der Waals surface area contributed by atoms with Gasteiger partial charge >= 0.3 is 0 Å². The number of hydrogen-bond donors (Lipinski definition) is 0. The summed E-state index contributed by atoms with van der Waals surface area (Å²) in [6, 6.07) is 71.6. The van der Waals surface area contributed by atoms with Crippen molar-refractivity contribution in [3.05, 3.63) is 200 Å². The molecule has 0 atom stereocenters. The highest BCUT2D eigenvalue weighted by atomic mass is 16.3. The van der Waals surface area contributed by atoms with E-state index in [1.54, 1.807) is 0 Å². The average molecular weight is 664 g/mol. The van der Waals surface area contributed by atoms with Gasteiger partial charge in [-0.2, -0.15) is 0 Å². The number of hydrogen-bond acceptors (Lipinski definition) is 2. The van der Waals surface area contributed by atoms with Crippen LogP contribution in [-0.2, 0) is 0 Å². The minimum Gasteiger partial charge on any atom is -0.455 e. The number of rotatable bonds is 6. The fraction of sp³-hybridized carbons (Fsp3) is 0. The maximum atomic E-state index is 6.57. The van der Waals surface area contributed by atoms with E-state index < -0.39 is 0 Å². The molecule has 0 fully saturated rings. The van der Waals surface area contributed by atoms with Crippen LogP contribution in [0.15, 0.2) is 205 Å². The highest BCUT2D eigenvalue weighted by Gasteiger charge is 2.20. The van der Waals surface area contributed by atoms with E-state index in [1.807, 2.05) is 12.1 Å². The Hall–Kier alpha value is -6.90. The second-order valence-electron chi connectivity index (χ2n) is 13.3. The standard InChI is InChI=1S/C50H33NO/c1-3-16-40-34(12-1)14-9-20-42(40)36-26-30-38(31-27-36)51(39-32-28-37(29-33-39)43-21-10-15-35-13-2-4-17-41(35)43)48-24-7-5-18-44(48)46-22-11-23-47-45-19-6-8-25-49(45)52-50(46)47/h1-33H. The SMILES string of the molecule is c1ccc(N(c2ccc(-c3cccc4ccccc34)cc2)c2ccc(-c3cccc4ccccc34)cc2)c(-c2cccc3c2oc2ccccc23)c1. The molecule has 0 spiro atoms. The number of fused-ring (bicyclic) bond motifs is 5. The molecule has 52 heavy (non-hydrogen) atoms. The third-order valence-electron chi connectivity index (χ3n) is 10.3. The summed E-state index contributed by atoms with van der Waals surface area (Å²) >= 11 is 0. The Kier molecular flexibility index (Phi) is 7.18. The zero-order valence-electron chi connectivity index (χ0n) is 28.4. The van der Waals surface area contributed by atoms with E-state index in [0.29, 0.717) is 0 Å². The van der Waals surface area contributed by atoms with Gasteiger partial charge in [0.15, 0.2) is 0 Å². The van der Waals surface area contributed by atoms with Crippen LogP contribution in [0.1, 0.15) is 0 Å². The lowest BCUT2D eigenvalue weighted by molar-refractivity contribution is 0.670. The first kappa shape index (κ1) is 30.0. The van der Waals surface area contributed by atoms with Crippen molar-refractivity contribution in [3.63, 3.8) is 0 Å². The molecule has 0 amide bonds. The minimum atomic E-state index is 0.896. The van der Waals surface area contributed by atoms with Crippen LogP contribution in [0, 0.1) is 0 Å². The summed E-state index contributed by atoms with van der Waals surface area (Å²) in [5.74, 6) is 0. The first-order valence-corrected chi connectivity index (χ1v) is 17.8. The second-order valence-corrected chi connectivity index (χ2v) is 13.3. The Bertz CT molecular complexity index is 2770. The maximum absolute atomic E-state index is 6.57. The topological polar surface area (TPSA) is 16.4 Å². The number of nitrogens with zero attached hydrogens (tertiary/aromatic N) is 1. The van der Waals surface area contributed by atoms with Gasteiger partial charge in [-0.15, -0.1) is 0 Å². The second kappa shape index (κ2) is 12.5. The van der Waals surface area contributed by atoms with Crippen LogP contribution in [0.3, 0.4) is 0 Å². The maximum Gasteiger partial charge on any atom is 0.143 e. The fourth-order valence-electron chi connectivity index (χ4n) is 7.82. The van der Waals surface area contributed by atoms with Crippen LogP contribution < -0.4 is 4.90 Å². The number of para-hydroxylation sites is 3. The minimum absolute atomic E-state index is 0.896. The van der Waals surface area contributed by atoms with E-state index >= 15 is 0 Å². The monoisotopic (exact) mass is 663 g/mol. The molecule has 0 radical (unpaired) electrons. The van der Waals surface area contributed by atoms with Crippen molar-refractivity contribution in [2.24, 2.45) is 0 Å². The van der Waals surface area contributed by atoms with Crippen LogP contribution in [0.2, 0.25) is 0 Å². The number of benzene rings is 9. The van der Waals surface area contributed by atoms with Crippen molar-refractivity contribution >= 4 is 60.5 Å². The van der Waals surface area contributed by atoms with Crippen LogP contribution >= 0.6 is 0 Å². The predicted molar refractivity (Wildman–Crippen MR) is 220 cm³/mol. The molecular weight excluding hydrogens is 631 g/mol. The lowest BCUT2D eigenvalue weighted by Crippen LogP contribution is -2.11. The van der Waals surface area contributed by atoms with Crippen molar-refractivity contribution < 1.29 is 4.42 Å². The van der Waals surface area contributed by atoms with Gasteiger partial charge in [0.1, 0.15) is 11.2 Å². The molecule has 0 aliphatic heterocycles. The highest BCUT2D eigenvalue weighted by molar-refractivity contribution is 6.11. The number of anilines is 3. The molecule has 0 unspecified atom stereocenters. The summed E-state index contributed by atoms with van der Waals surface area (Å²) in [4.78, 5) is 2.37. The van der Waals surface area contributed by atoms with Gasteiger partial charge in [0, 0.05) is 33.3 Å². The smallest absolute Gasteiger partial charge is 0.143 e. The first-order chi connectivity index (χ1) is 25.8. The van der Waals surface area contributed by atoms with E-state index in [-0.39, 0.29) is 0 Å². The van der Waals surface area contributed by atoms with E-state index in [4.69, 9.17) is 4.42 Å². The van der Waals surface area contributed by atoms with E-state index in [9.17, 15) is 0 Å². The summed E-state index contributed by atoms with van der Waals surface area (Å²) in [6.45, 7) is 0. The lowest BCUT2D eigenvalue weighted by atomic mass is 9.96. The Morgan fingerprint density at radius 2 is 0.750 bits per heavy atom. The molecule has 244 valence electrons. The van der Waals surface area contributed by atoms with Crippen molar-refractivity contribution in [3.8, 4) is 33.4 Å². The first-order valence-electron chi connectivity index (χ1n) is 17.8. The van der Waals surface area contributed by atoms with E-state index in [1.165, 1.54) is 43.8 Å². The molecule has 0 bridgehead atoms. The van der Waals surface area contributed by atoms with Crippen molar-refractivity contribution in [2.45, 2.75) is 0 Å². The van der Waals surface area contributed by atoms with Gasteiger partial charge in [0.2, 0.25) is 0 Å². The van der Waals surface area contributed by atoms with Crippen molar-refractivity contribution in [2.75, 3.05) is 4.90 Å². The zero-order valence-corrected chi connectivity index (χ0v) is 28.4. The van der Waals surface area contributed by atoms with Crippen LogP contribution in [0.4, 0.5) is 17.1 Å². The Labute approximate surface area is 302 Å². The average Bonchev–Trinajstić information content (AvgIpc) is 3.60. The molecule has 1 heterocycles. The van der Waals surface area contributed by atoms with Crippen LogP contribution in [0.5, 0.6) is 0 Å². The normalized spacial score (nSPS) is 11.5. The van der Waals surface area contributed by atoms with Crippen molar-refractivity contribution in [1.29, 1.82) is 0 Å².